The average molecular weight is 392 g/mol. The Morgan fingerprint density at radius 2 is 1.71 bits per heavy atom. The van der Waals surface area contributed by atoms with Gasteiger partial charge in [0.05, 0.1) is 5.69 Å². The number of aryl methyl sites for hydroxylation is 1. The van der Waals surface area contributed by atoms with Gasteiger partial charge in [-0.15, -0.1) is 11.3 Å². The van der Waals surface area contributed by atoms with Crippen molar-refractivity contribution < 1.29 is 4.79 Å². The summed E-state index contributed by atoms with van der Waals surface area (Å²) in [5, 5.41) is 3.22. The molecule has 4 rings (SSSR count). The van der Waals surface area contributed by atoms with Crippen LogP contribution in [0.1, 0.15) is 28.5 Å². The van der Waals surface area contributed by atoms with E-state index < -0.39 is 0 Å². The Labute approximate surface area is 170 Å². The van der Waals surface area contributed by atoms with Gasteiger partial charge in [-0.1, -0.05) is 49.4 Å². The number of aromatic nitrogens is 1. The van der Waals surface area contributed by atoms with E-state index in [4.69, 9.17) is 4.98 Å². The smallest absolute Gasteiger partial charge is 0.253 e. The molecule has 0 radical (unpaired) electrons. The van der Waals surface area contributed by atoms with E-state index in [0.29, 0.717) is 0 Å². The molecule has 1 aromatic heterocycles. The van der Waals surface area contributed by atoms with Crippen LogP contribution in [0.3, 0.4) is 0 Å². The Hall–Kier alpha value is -2.50. The molecule has 0 N–H and O–H groups in total. The summed E-state index contributed by atoms with van der Waals surface area (Å²) in [7, 11) is 0. The molecule has 3 aromatic rings. The summed E-state index contributed by atoms with van der Waals surface area (Å²) in [6.45, 7) is 6.28. The minimum absolute atomic E-state index is 0.141. The van der Waals surface area contributed by atoms with Crippen LogP contribution in [-0.4, -0.2) is 46.9 Å². The van der Waals surface area contributed by atoms with E-state index in [9.17, 15) is 4.79 Å². The first-order valence-electron chi connectivity index (χ1n) is 9.83. The van der Waals surface area contributed by atoms with Crippen LogP contribution in [0.25, 0.3) is 10.6 Å². The molecule has 144 valence electrons. The molecular formula is C23H25N3OS. The van der Waals surface area contributed by atoms with Crippen molar-refractivity contribution in [2.75, 3.05) is 26.2 Å². The molecule has 1 saturated heterocycles. The molecule has 28 heavy (non-hydrogen) atoms. The van der Waals surface area contributed by atoms with Crippen molar-refractivity contribution in [1.29, 1.82) is 0 Å². The van der Waals surface area contributed by atoms with Gasteiger partial charge in [0, 0.05) is 49.2 Å². The predicted octanol–water partition coefficient (Wildman–Crippen LogP) is 4.33. The second kappa shape index (κ2) is 8.67. The fourth-order valence-electron chi connectivity index (χ4n) is 3.50. The Balaban J connectivity index is 1.32. The van der Waals surface area contributed by atoms with Crippen molar-refractivity contribution in [3.05, 3.63) is 76.8 Å². The molecule has 1 aliphatic heterocycles. The van der Waals surface area contributed by atoms with Crippen LogP contribution < -0.4 is 0 Å². The minimum atomic E-state index is 0.141. The zero-order valence-electron chi connectivity index (χ0n) is 16.2. The van der Waals surface area contributed by atoms with Crippen LogP contribution in [0.2, 0.25) is 0 Å². The maximum atomic E-state index is 12.7. The number of piperazine rings is 1. The SMILES string of the molecule is CCc1ccc(C(=O)N2CCN(Cc3csc(-c4ccccc4)n3)CC2)cc1. The number of benzene rings is 2. The van der Waals surface area contributed by atoms with Gasteiger partial charge in [-0.2, -0.15) is 0 Å². The van der Waals surface area contributed by atoms with Crippen LogP contribution in [0, 0.1) is 0 Å². The summed E-state index contributed by atoms with van der Waals surface area (Å²) >= 11 is 1.69. The standard InChI is InChI=1S/C23H25N3OS/c1-2-18-8-10-20(11-9-18)23(27)26-14-12-25(13-15-26)16-21-17-28-22(24-21)19-6-4-3-5-7-19/h3-11,17H,2,12-16H2,1H3. The largest absolute Gasteiger partial charge is 0.336 e. The van der Waals surface area contributed by atoms with Gasteiger partial charge in [-0.25, -0.2) is 4.98 Å². The molecule has 1 fully saturated rings. The molecule has 1 aliphatic rings. The van der Waals surface area contributed by atoms with Gasteiger partial charge in [-0.3, -0.25) is 9.69 Å². The summed E-state index contributed by atoms with van der Waals surface area (Å²) in [5.74, 6) is 0.141. The molecule has 2 heterocycles. The maximum Gasteiger partial charge on any atom is 0.253 e. The highest BCUT2D eigenvalue weighted by Crippen LogP contribution is 2.24. The Bertz CT molecular complexity index is 913. The van der Waals surface area contributed by atoms with E-state index in [1.165, 1.54) is 11.1 Å². The van der Waals surface area contributed by atoms with Crippen LogP contribution in [0.15, 0.2) is 60.0 Å². The van der Waals surface area contributed by atoms with E-state index in [1.807, 2.05) is 35.2 Å². The molecule has 0 saturated carbocycles. The minimum Gasteiger partial charge on any atom is -0.336 e. The normalized spacial score (nSPS) is 15.0. The van der Waals surface area contributed by atoms with Crippen LogP contribution in [0.4, 0.5) is 0 Å². The molecule has 0 atom stereocenters. The summed E-state index contributed by atoms with van der Waals surface area (Å²) in [5.41, 5.74) is 4.33. The maximum absolute atomic E-state index is 12.7. The third-order valence-electron chi connectivity index (χ3n) is 5.23. The quantitative estimate of drug-likeness (QED) is 0.649. The number of nitrogens with zero attached hydrogens (tertiary/aromatic N) is 3. The third kappa shape index (κ3) is 4.32. The van der Waals surface area contributed by atoms with E-state index in [-0.39, 0.29) is 5.91 Å². The molecule has 0 aliphatic carbocycles. The first kappa shape index (κ1) is 18.8. The fourth-order valence-corrected chi connectivity index (χ4v) is 4.31. The second-order valence-electron chi connectivity index (χ2n) is 7.13. The predicted molar refractivity (Wildman–Crippen MR) is 115 cm³/mol. The fraction of sp³-hybridized carbons (Fsp3) is 0.304. The van der Waals surface area contributed by atoms with Gasteiger partial charge >= 0.3 is 0 Å². The molecule has 1 amide bonds. The van der Waals surface area contributed by atoms with Gasteiger partial charge in [0.2, 0.25) is 0 Å². The van der Waals surface area contributed by atoms with E-state index in [0.717, 1.165) is 55.4 Å². The molecule has 0 bridgehead atoms. The number of thiazole rings is 1. The van der Waals surface area contributed by atoms with E-state index in [1.54, 1.807) is 11.3 Å². The van der Waals surface area contributed by atoms with Crippen molar-refractivity contribution >= 4 is 17.2 Å². The monoisotopic (exact) mass is 391 g/mol. The lowest BCUT2D eigenvalue weighted by atomic mass is 10.1. The lowest BCUT2D eigenvalue weighted by molar-refractivity contribution is 0.0627. The molecular weight excluding hydrogens is 366 g/mol. The molecule has 0 unspecified atom stereocenters. The van der Waals surface area contributed by atoms with E-state index in [2.05, 4.69) is 41.5 Å². The zero-order chi connectivity index (χ0) is 19.3. The van der Waals surface area contributed by atoms with Crippen LogP contribution in [-0.2, 0) is 13.0 Å². The summed E-state index contributed by atoms with van der Waals surface area (Å²) in [6.07, 6.45) is 0.996. The zero-order valence-corrected chi connectivity index (χ0v) is 17.0. The van der Waals surface area contributed by atoms with E-state index >= 15 is 0 Å². The van der Waals surface area contributed by atoms with Gasteiger partial charge in [0.25, 0.3) is 5.91 Å². The van der Waals surface area contributed by atoms with Crippen molar-refractivity contribution in [3.63, 3.8) is 0 Å². The van der Waals surface area contributed by atoms with Gasteiger partial charge in [0.15, 0.2) is 0 Å². The second-order valence-corrected chi connectivity index (χ2v) is 7.99. The highest BCUT2D eigenvalue weighted by atomic mass is 32.1. The average Bonchev–Trinajstić information content (AvgIpc) is 3.23. The molecule has 5 heteroatoms. The Morgan fingerprint density at radius 1 is 1.00 bits per heavy atom. The van der Waals surface area contributed by atoms with Gasteiger partial charge in [0.1, 0.15) is 5.01 Å². The highest BCUT2D eigenvalue weighted by molar-refractivity contribution is 7.13. The molecule has 4 nitrogen and oxygen atoms in total. The summed E-state index contributed by atoms with van der Waals surface area (Å²) in [6, 6.07) is 18.3. The lowest BCUT2D eigenvalue weighted by Gasteiger charge is -2.34. The number of carbonyl (C=O) groups is 1. The molecule has 0 spiro atoms. The Kier molecular flexibility index (Phi) is 5.84. The number of carbonyl (C=O) groups excluding carboxylic acids is 1. The van der Waals surface area contributed by atoms with Crippen LogP contribution in [0.5, 0.6) is 0 Å². The first-order valence-corrected chi connectivity index (χ1v) is 10.7. The Morgan fingerprint density at radius 3 is 2.39 bits per heavy atom. The first-order chi connectivity index (χ1) is 13.7. The number of amides is 1. The van der Waals surface area contributed by atoms with Gasteiger partial charge in [-0.05, 0) is 24.1 Å². The van der Waals surface area contributed by atoms with Crippen molar-refractivity contribution in [2.24, 2.45) is 0 Å². The number of rotatable bonds is 5. The number of hydrogen-bond acceptors (Lipinski definition) is 4. The summed E-state index contributed by atoms with van der Waals surface area (Å²) < 4.78 is 0. The highest BCUT2D eigenvalue weighted by Gasteiger charge is 2.22. The van der Waals surface area contributed by atoms with Crippen LogP contribution >= 0.6 is 11.3 Å². The van der Waals surface area contributed by atoms with Crippen molar-refractivity contribution in [1.82, 2.24) is 14.8 Å². The number of hydrogen-bond donors (Lipinski definition) is 0. The topological polar surface area (TPSA) is 36.4 Å². The molecule has 2 aromatic carbocycles. The summed E-state index contributed by atoms with van der Waals surface area (Å²) in [4.78, 5) is 21.9. The van der Waals surface area contributed by atoms with Gasteiger partial charge < -0.3 is 4.90 Å². The lowest BCUT2D eigenvalue weighted by Crippen LogP contribution is -2.48. The third-order valence-corrected chi connectivity index (χ3v) is 6.17. The van der Waals surface area contributed by atoms with Crippen molar-refractivity contribution in [2.45, 2.75) is 19.9 Å². The van der Waals surface area contributed by atoms with Crippen molar-refractivity contribution in [3.8, 4) is 10.6 Å².